The summed E-state index contributed by atoms with van der Waals surface area (Å²) in [5.74, 6) is 0.0757. The van der Waals surface area contributed by atoms with Crippen LogP contribution in [0.3, 0.4) is 0 Å². The molecule has 1 N–H and O–H groups in total. The van der Waals surface area contributed by atoms with E-state index in [1.54, 1.807) is 12.1 Å². The standard InChI is InChI=1S/C21H29F2N3O4/c1-29-17-5-4-15(14-18(17)30-20(22)23)6-9-24-19(27)16-7-12-26(13-8-16)21(28)25-10-2-3-11-25/h4-5,14,16,20H,2-3,6-13H2,1H3,(H,24,27). The number of methoxy groups -OCH3 is 1. The van der Waals surface area contributed by atoms with E-state index in [1.807, 2.05) is 9.80 Å². The number of carbonyl (C=O) groups is 2. The molecule has 0 aromatic heterocycles. The SMILES string of the molecule is COc1ccc(CCNC(=O)C2CCN(C(=O)N3CCCC3)CC2)cc1OC(F)F. The number of hydrogen-bond acceptors (Lipinski definition) is 4. The molecular weight excluding hydrogens is 396 g/mol. The first-order valence-corrected chi connectivity index (χ1v) is 10.4. The van der Waals surface area contributed by atoms with Gasteiger partial charge in [-0.2, -0.15) is 8.78 Å². The minimum atomic E-state index is -2.93. The molecule has 9 heteroatoms. The fourth-order valence-electron chi connectivity index (χ4n) is 3.98. The molecule has 0 radical (unpaired) electrons. The van der Waals surface area contributed by atoms with Gasteiger partial charge >= 0.3 is 12.6 Å². The largest absolute Gasteiger partial charge is 0.493 e. The van der Waals surface area contributed by atoms with E-state index in [0.29, 0.717) is 38.9 Å². The summed E-state index contributed by atoms with van der Waals surface area (Å²) in [6.07, 6.45) is 3.92. The van der Waals surface area contributed by atoms with E-state index in [4.69, 9.17) is 4.74 Å². The van der Waals surface area contributed by atoms with E-state index >= 15 is 0 Å². The molecule has 1 aromatic carbocycles. The Morgan fingerprint density at radius 1 is 1.10 bits per heavy atom. The van der Waals surface area contributed by atoms with Crippen LogP contribution in [-0.4, -0.2) is 68.2 Å². The van der Waals surface area contributed by atoms with Crippen molar-refractivity contribution in [2.45, 2.75) is 38.7 Å². The molecule has 3 amide bonds. The molecule has 0 unspecified atom stereocenters. The van der Waals surface area contributed by atoms with E-state index < -0.39 is 6.61 Å². The maximum Gasteiger partial charge on any atom is 0.387 e. The van der Waals surface area contributed by atoms with Crippen LogP contribution in [0.25, 0.3) is 0 Å². The van der Waals surface area contributed by atoms with Crippen LogP contribution >= 0.6 is 0 Å². The zero-order chi connectivity index (χ0) is 21.5. The van der Waals surface area contributed by atoms with Crippen LogP contribution in [0, 0.1) is 5.92 Å². The molecule has 2 fully saturated rings. The summed E-state index contributed by atoms with van der Waals surface area (Å²) in [5, 5.41) is 2.92. The van der Waals surface area contributed by atoms with Crippen LogP contribution in [-0.2, 0) is 11.2 Å². The van der Waals surface area contributed by atoms with Crippen molar-refractivity contribution < 1.29 is 27.8 Å². The Balaban J connectivity index is 1.42. The number of hydrogen-bond donors (Lipinski definition) is 1. The second-order valence-corrected chi connectivity index (χ2v) is 7.64. The Morgan fingerprint density at radius 3 is 2.40 bits per heavy atom. The van der Waals surface area contributed by atoms with Crippen molar-refractivity contribution in [2.75, 3.05) is 39.8 Å². The number of rotatable bonds is 7. The lowest BCUT2D eigenvalue weighted by Crippen LogP contribution is -2.47. The van der Waals surface area contributed by atoms with Crippen LogP contribution in [0.2, 0.25) is 0 Å². The third-order valence-electron chi connectivity index (χ3n) is 5.67. The first-order valence-electron chi connectivity index (χ1n) is 10.4. The van der Waals surface area contributed by atoms with Gasteiger partial charge in [-0.25, -0.2) is 4.79 Å². The summed E-state index contributed by atoms with van der Waals surface area (Å²) in [4.78, 5) is 28.6. The number of piperidine rings is 1. The topological polar surface area (TPSA) is 71.1 Å². The number of urea groups is 1. The lowest BCUT2D eigenvalue weighted by atomic mass is 9.96. The van der Waals surface area contributed by atoms with Gasteiger partial charge in [0.25, 0.3) is 0 Å². The highest BCUT2D eigenvalue weighted by molar-refractivity contribution is 5.79. The Labute approximate surface area is 175 Å². The molecule has 0 atom stereocenters. The Hall–Kier alpha value is -2.58. The number of amides is 3. The number of benzene rings is 1. The van der Waals surface area contributed by atoms with Gasteiger partial charge in [-0.1, -0.05) is 6.07 Å². The quantitative estimate of drug-likeness (QED) is 0.729. The number of likely N-dealkylation sites (tertiary alicyclic amines) is 2. The van der Waals surface area contributed by atoms with Gasteiger partial charge in [0.15, 0.2) is 11.5 Å². The molecule has 2 heterocycles. The third kappa shape index (κ3) is 5.73. The fraction of sp³-hybridized carbons (Fsp3) is 0.619. The predicted octanol–water partition coefficient (Wildman–Crippen LogP) is 2.88. The van der Waals surface area contributed by atoms with E-state index in [2.05, 4.69) is 10.1 Å². The summed E-state index contributed by atoms with van der Waals surface area (Å²) in [5.41, 5.74) is 0.762. The number of halogens is 2. The lowest BCUT2D eigenvalue weighted by Gasteiger charge is -2.34. The third-order valence-corrected chi connectivity index (χ3v) is 5.67. The van der Waals surface area contributed by atoms with Crippen LogP contribution in [0.5, 0.6) is 11.5 Å². The monoisotopic (exact) mass is 425 g/mol. The van der Waals surface area contributed by atoms with Crippen molar-refractivity contribution in [3.63, 3.8) is 0 Å². The van der Waals surface area contributed by atoms with E-state index in [-0.39, 0.29) is 29.4 Å². The van der Waals surface area contributed by atoms with Crippen molar-refractivity contribution in [2.24, 2.45) is 5.92 Å². The zero-order valence-electron chi connectivity index (χ0n) is 17.2. The van der Waals surface area contributed by atoms with Crippen LogP contribution in [0.4, 0.5) is 13.6 Å². The Kier molecular flexibility index (Phi) is 7.70. The molecule has 0 aliphatic carbocycles. The molecule has 2 saturated heterocycles. The van der Waals surface area contributed by atoms with E-state index in [9.17, 15) is 18.4 Å². The van der Waals surface area contributed by atoms with Gasteiger partial charge in [0.1, 0.15) is 0 Å². The predicted molar refractivity (Wildman–Crippen MR) is 107 cm³/mol. The van der Waals surface area contributed by atoms with Gasteiger partial charge in [0, 0.05) is 38.6 Å². The number of ether oxygens (including phenoxy) is 2. The molecule has 30 heavy (non-hydrogen) atoms. The Bertz CT molecular complexity index is 733. The van der Waals surface area contributed by atoms with Gasteiger partial charge < -0.3 is 24.6 Å². The number of carbonyl (C=O) groups excluding carboxylic acids is 2. The molecule has 0 spiro atoms. The van der Waals surface area contributed by atoms with Crippen molar-refractivity contribution in [1.82, 2.24) is 15.1 Å². The van der Waals surface area contributed by atoms with Crippen molar-refractivity contribution in [1.29, 1.82) is 0 Å². The number of nitrogens with one attached hydrogen (secondary N) is 1. The second kappa shape index (κ2) is 10.4. The second-order valence-electron chi connectivity index (χ2n) is 7.64. The van der Waals surface area contributed by atoms with Gasteiger partial charge in [-0.05, 0) is 49.8 Å². The maximum atomic E-state index is 12.5. The van der Waals surface area contributed by atoms with E-state index in [0.717, 1.165) is 31.5 Å². The fourth-order valence-corrected chi connectivity index (χ4v) is 3.98. The highest BCUT2D eigenvalue weighted by Crippen LogP contribution is 2.29. The summed E-state index contributed by atoms with van der Waals surface area (Å²) >= 11 is 0. The molecule has 2 aliphatic heterocycles. The molecule has 0 bridgehead atoms. The van der Waals surface area contributed by atoms with Gasteiger partial charge in [-0.15, -0.1) is 0 Å². The van der Waals surface area contributed by atoms with Crippen LogP contribution < -0.4 is 14.8 Å². The zero-order valence-corrected chi connectivity index (χ0v) is 17.2. The van der Waals surface area contributed by atoms with Gasteiger partial charge in [0.05, 0.1) is 7.11 Å². The van der Waals surface area contributed by atoms with Gasteiger partial charge in [0.2, 0.25) is 5.91 Å². The summed E-state index contributed by atoms with van der Waals surface area (Å²) < 4.78 is 34.6. The minimum absolute atomic E-state index is 0.0219. The van der Waals surface area contributed by atoms with Crippen molar-refractivity contribution in [3.05, 3.63) is 23.8 Å². The van der Waals surface area contributed by atoms with Crippen molar-refractivity contribution >= 4 is 11.9 Å². The first-order chi connectivity index (χ1) is 14.5. The van der Waals surface area contributed by atoms with Crippen molar-refractivity contribution in [3.8, 4) is 11.5 Å². The smallest absolute Gasteiger partial charge is 0.387 e. The molecule has 7 nitrogen and oxygen atoms in total. The molecule has 2 aliphatic rings. The molecule has 0 saturated carbocycles. The molecule has 166 valence electrons. The Morgan fingerprint density at radius 2 is 1.77 bits per heavy atom. The molecular formula is C21H29F2N3O4. The average Bonchev–Trinajstić information content (AvgIpc) is 3.28. The summed E-state index contributed by atoms with van der Waals surface area (Å²) in [7, 11) is 1.39. The highest BCUT2D eigenvalue weighted by atomic mass is 19.3. The maximum absolute atomic E-state index is 12.5. The van der Waals surface area contributed by atoms with Crippen LogP contribution in [0.1, 0.15) is 31.2 Å². The molecule has 3 rings (SSSR count). The average molecular weight is 425 g/mol. The summed E-state index contributed by atoms with van der Waals surface area (Å²) in [6, 6.07) is 4.92. The first kappa shape index (κ1) is 22.1. The normalized spacial score (nSPS) is 17.3. The highest BCUT2D eigenvalue weighted by Gasteiger charge is 2.30. The minimum Gasteiger partial charge on any atom is -0.493 e. The lowest BCUT2D eigenvalue weighted by molar-refractivity contribution is -0.126. The van der Waals surface area contributed by atoms with Gasteiger partial charge in [-0.3, -0.25) is 4.79 Å². The number of alkyl halides is 2. The van der Waals surface area contributed by atoms with Crippen LogP contribution in [0.15, 0.2) is 18.2 Å². The number of nitrogens with zero attached hydrogens (tertiary/aromatic N) is 2. The molecule has 1 aromatic rings. The van der Waals surface area contributed by atoms with E-state index in [1.165, 1.54) is 13.2 Å². The summed E-state index contributed by atoms with van der Waals surface area (Å²) in [6.45, 7) is 0.313.